The first kappa shape index (κ1) is 15.2. The van der Waals surface area contributed by atoms with E-state index in [4.69, 9.17) is 46.4 Å². The van der Waals surface area contributed by atoms with Crippen LogP contribution in [0.15, 0.2) is 36.4 Å². The van der Waals surface area contributed by atoms with Gasteiger partial charge in [0.15, 0.2) is 6.49 Å². The second kappa shape index (κ2) is 5.31. The van der Waals surface area contributed by atoms with E-state index in [-0.39, 0.29) is 0 Å². The lowest BCUT2D eigenvalue weighted by Crippen LogP contribution is -2.00. The van der Waals surface area contributed by atoms with Gasteiger partial charge in [-0.05, 0) is 65.9 Å². The molecular formula is C12H6Br2Cl4. The number of alkyl halides is 6. The Balaban J connectivity index is 2.56. The van der Waals surface area contributed by atoms with Gasteiger partial charge in [0.05, 0.1) is 0 Å². The van der Waals surface area contributed by atoms with E-state index in [2.05, 4.69) is 31.9 Å². The summed E-state index contributed by atoms with van der Waals surface area (Å²) in [5.41, 5.74) is 1.54. The maximum Gasteiger partial charge on any atom is 0.197 e. The maximum atomic E-state index is 6.00. The van der Waals surface area contributed by atoms with E-state index in [1.807, 2.05) is 36.4 Å². The van der Waals surface area contributed by atoms with Gasteiger partial charge in [-0.1, -0.05) is 70.7 Å². The number of benzene rings is 2. The van der Waals surface area contributed by atoms with E-state index >= 15 is 0 Å². The summed E-state index contributed by atoms with van der Waals surface area (Å²) >= 11 is 30.4. The smallest absolute Gasteiger partial charge is 0.0834 e. The number of halogens is 6. The van der Waals surface area contributed by atoms with Crippen LogP contribution in [0.25, 0.3) is 10.8 Å². The van der Waals surface area contributed by atoms with E-state index in [1.165, 1.54) is 0 Å². The molecule has 0 N–H and O–H groups in total. The zero-order chi connectivity index (χ0) is 13.6. The summed E-state index contributed by atoms with van der Waals surface area (Å²) in [7, 11) is 0. The molecule has 0 aliphatic rings. The van der Waals surface area contributed by atoms with Crippen LogP contribution in [0.5, 0.6) is 0 Å². The molecule has 2 aromatic carbocycles. The van der Waals surface area contributed by atoms with Crippen molar-refractivity contribution >= 4 is 89.0 Å². The van der Waals surface area contributed by atoms with E-state index in [1.54, 1.807) is 0 Å². The van der Waals surface area contributed by atoms with Crippen LogP contribution in [0, 0.1) is 0 Å². The molecule has 0 radical (unpaired) electrons. The lowest BCUT2D eigenvalue weighted by molar-refractivity contribution is 1.28. The summed E-state index contributed by atoms with van der Waals surface area (Å²) in [5, 5.41) is 2.01. The van der Waals surface area contributed by atoms with Crippen molar-refractivity contribution in [3.8, 4) is 0 Å². The van der Waals surface area contributed by atoms with Gasteiger partial charge in [0.2, 0.25) is 0 Å². The Morgan fingerprint density at radius 3 is 1.28 bits per heavy atom. The molecule has 2 rings (SSSR count). The molecule has 0 saturated heterocycles. The second-order valence-electron chi connectivity index (χ2n) is 3.77. The molecule has 0 heterocycles. The summed E-state index contributed by atoms with van der Waals surface area (Å²) < 4.78 is -2.17. The first-order valence-corrected chi connectivity index (χ1v) is 7.96. The Hall–Kier alpha value is 0.820. The van der Waals surface area contributed by atoms with Crippen LogP contribution in [0.4, 0.5) is 0 Å². The summed E-state index contributed by atoms with van der Waals surface area (Å²) in [5.74, 6) is 0. The van der Waals surface area contributed by atoms with Crippen molar-refractivity contribution < 1.29 is 0 Å². The Kier molecular flexibility index (Phi) is 4.49. The van der Waals surface area contributed by atoms with Gasteiger partial charge in [0.1, 0.15) is 0 Å². The first-order chi connectivity index (χ1) is 8.18. The lowest BCUT2D eigenvalue weighted by Gasteiger charge is -2.15. The highest BCUT2D eigenvalue weighted by Gasteiger charge is 2.24. The summed E-state index contributed by atoms with van der Waals surface area (Å²) in [6.45, 7) is 0. The van der Waals surface area contributed by atoms with Gasteiger partial charge >= 0.3 is 0 Å². The van der Waals surface area contributed by atoms with Gasteiger partial charge in [-0.2, -0.15) is 0 Å². The van der Waals surface area contributed by atoms with Gasteiger partial charge in [-0.25, -0.2) is 0 Å². The van der Waals surface area contributed by atoms with Crippen LogP contribution in [0.2, 0.25) is 0 Å². The molecule has 0 bridgehead atoms. The Morgan fingerprint density at radius 2 is 1.00 bits per heavy atom. The third kappa shape index (κ3) is 3.47. The normalized spacial score (nSPS) is 13.0. The Morgan fingerprint density at radius 1 is 0.667 bits per heavy atom. The van der Waals surface area contributed by atoms with Crippen molar-refractivity contribution in [3.63, 3.8) is 0 Å². The molecule has 0 aliphatic carbocycles. The molecule has 18 heavy (non-hydrogen) atoms. The van der Waals surface area contributed by atoms with Crippen molar-refractivity contribution in [2.75, 3.05) is 0 Å². The molecule has 0 saturated carbocycles. The monoisotopic (exact) mass is 448 g/mol. The van der Waals surface area contributed by atoms with Gasteiger partial charge in [-0.15, -0.1) is 0 Å². The van der Waals surface area contributed by atoms with E-state index < -0.39 is 6.49 Å². The van der Waals surface area contributed by atoms with Crippen molar-refractivity contribution in [1.29, 1.82) is 0 Å². The highest BCUT2D eigenvalue weighted by molar-refractivity contribution is 9.10. The Labute approximate surface area is 142 Å². The molecule has 6 heteroatoms. The van der Waals surface area contributed by atoms with Crippen molar-refractivity contribution in [2.45, 2.75) is 6.49 Å². The average Bonchev–Trinajstić information content (AvgIpc) is 2.25. The minimum Gasteiger partial charge on any atom is -0.0834 e. The lowest BCUT2D eigenvalue weighted by atomic mass is 10.1. The molecule has 0 amide bonds. The standard InChI is InChI=1S/C12H6Br2Cl4/c13-11(15,16)9-3-1-7-5-10(12(14,17)18)4-2-8(7)6-9/h1-6H. The largest absolute Gasteiger partial charge is 0.197 e. The van der Waals surface area contributed by atoms with Crippen molar-refractivity contribution in [3.05, 3.63) is 47.5 Å². The quantitative estimate of drug-likeness (QED) is 0.440. The summed E-state index contributed by atoms with van der Waals surface area (Å²) in [6, 6.07) is 11.3. The van der Waals surface area contributed by atoms with Crippen LogP contribution >= 0.6 is 78.3 Å². The third-order valence-electron chi connectivity index (χ3n) is 2.49. The van der Waals surface area contributed by atoms with E-state index in [0.717, 1.165) is 21.9 Å². The van der Waals surface area contributed by atoms with Crippen LogP contribution in [0.1, 0.15) is 11.1 Å². The Bertz CT molecular complexity index is 531. The molecule has 0 nitrogen and oxygen atoms in total. The highest BCUT2D eigenvalue weighted by atomic mass is 79.9. The summed E-state index contributed by atoms with van der Waals surface area (Å²) in [4.78, 5) is 0. The number of hydrogen-bond acceptors (Lipinski definition) is 0. The van der Waals surface area contributed by atoms with Gasteiger partial charge in [0, 0.05) is 0 Å². The fraction of sp³-hybridized carbons (Fsp3) is 0.167. The highest BCUT2D eigenvalue weighted by Crippen LogP contribution is 2.43. The van der Waals surface area contributed by atoms with Crippen LogP contribution in [-0.2, 0) is 6.49 Å². The van der Waals surface area contributed by atoms with Crippen molar-refractivity contribution in [2.24, 2.45) is 0 Å². The van der Waals surface area contributed by atoms with Crippen LogP contribution in [0.3, 0.4) is 0 Å². The molecular weight excluding hydrogens is 446 g/mol. The van der Waals surface area contributed by atoms with Crippen LogP contribution in [-0.4, -0.2) is 0 Å². The fourth-order valence-corrected chi connectivity index (χ4v) is 2.56. The van der Waals surface area contributed by atoms with Gasteiger partial charge in [-0.3, -0.25) is 0 Å². The molecule has 0 aliphatic heterocycles. The third-order valence-corrected chi connectivity index (χ3v) is 4.28. The van der Waals surface area contributed by atoms with Crippen molar-refractivity contribution in [1.82, 2.24) is 0 Å². The zero-order valence-electron chi connectivity index (χ0n) is 8.73. The SMILES string of the molecule is ClC(Cl)(Br)c1ccc2cc(C(Cl)(Cl)Br)ccc2c1. The van der Waals surface area contributed by atoms with E-state index in [0.29, 0.717) is 0 Å². The zero-order valence-corrected chi connectivity index (χ0v) is 14.9. The fourth-order valence-electron chi connectivity index (χ4n) is 1.60. The summed E-state index contributed by atoms with van der Waals surface area (Å²) in [6.07, 6.45) is 0. The first-order valence-electron chi connectivity index (χ1n) is 4.86. The number of fused-ring (bicyclic) bond motifs is 1. The van der Waals surface area contributed by atoms with E-state index in [9.17, 15) is 0 Å². The predicted octanol–water partition coefficient (Wildman–Crippen LogP) is 6.81. The molecule has 0 aromatic heterocycles. The number of hydrogen-bond donors (Lipinski definition) is 0. The molecule has 0 fully saturated rings. The van der Waals surface area contributed by atoms with Crippen LogP contribution < -0.4 is 0 Å². The van der Waals surface area contributed by atoms with Gasteiger partial charge in [0.25, 0.3) is 0 Å². The second-order valence-corrected chi connectivity index (χ2v) is 10.6. The maximum absolute atomic E-state index is 6.00. The number of rotatable bonds is 2. The molecule has 0 unspecified atom stereocenters. The topological polar surface area (TPSA) is 0 Å². The molecule has 96 valence electrons. The minimum absolute atomic E-state index is 0.771. The molecule has 0 atom stereocenters. The molecule has 2 aromatic rings. The van der Waals surface area contributed by atoms with Gasteiger partial charge < -0.3 is 0 Å². The molecule has 0 spiro atoms. The predicted molar refractivity (Wildman–Crippen MR) is 88.6 cm³/mol. The minimum atomic E-state index is -1.09. The average molecular weight is 452 g/mol.